The maximum atomic E-state index is 12.3. The van der Waals surface area contributed by atoms with Crippen LogP contribution in [0.3, 0.4) is 0 Å². The van der Waals surface area contributed by atoms with Crippen LogP contribution in [0.2, 0.25) is 0 Å². The van der Waals surface area contributed by atoms with Crippen molar-refractivity contribution in [2.24, 2.45) is 10.8 Å². The molecule has 0 saturated heterocycles. The van der Waals surface area contributed by atoms with E-state index in [0.29, 0.717) is 11.3 Å². The summed E-state index contributed by atoms with van der Waals surface area (Å²) in [5.41, 5.74) is 3.61. The molecule has 8 nitrogen and oxygen atoms in total. The number of aliphatic imine (C=N–C) groups is 1. The van der Waals surface area contributed by atoms with Crippen LogP contribution in [-0.2, 0) is 11.2 Å². The van der Waals surface area contributed by atoms with Gasteiger partial charge in [0.2, 0.25) is 0 Å². The number of aliphatic carboxylic acids is 1. The summed E-state index contributed by atoms with van der Waals surface area (Å²) in [5.74, 6) is 3.42. The molecule has 1 atom stereocenters. The maximum absolute atomic E-state index is 12.3. The molecule has 25 heavy (non-hydrogen) atoms. The first-order valence-corrected chi connectivity index (χ1v) is 7.40. The molecule has 130 valence electrons. The number of benzene rings is 2. The topological polar surface area (TPSA) is 137 Å². The molecule has 0 radical (unpaired) electrons. The van der Waals surface area contributed by atoms with Crippen molar-refractivity contribution in [1.29, 1.82) is 0 Å². The number of amides is 1. The number of carbonyl (C=O) groups excluding carboxylic acids is 1. The van der Waals surface area contributed by atoms with Crippen molar-refractivity contribution in [3.8, 4) is 5.75 Å². The quantitative estimate of drug-likeness (QED) is 0.220. The van der Waals surface area contributed by atoms with Crippen molar-refractivity contribution in [3.05, 3.63) is 59.7 Å². The van der Waals surface area contributed by atoms with Gasteiger partial charge >= 0.3 is 5.97 Å². The van der Waals surface area contributed by atoms with E-state index in [1.54, 1.807) is 30.3 Å². The van der Waals surface area contributed by atoms with Gasteiger partial charge in [-0.1, -0.05) is 18.2 Å². The molecule has 2 rings (SSSR count). The van der Waals surface area contributed by atoms with Crippen molar-refractivity contribution in [3.63, 3.8) is 0 Å². The van der Waals surface area contributed by atoms with Gasteiger partial charge in [0.25, 0.3) is 5.91 Å². The van der Waals surface area contributed by atoms with Gasteiger partial charge in [-0.15, -0.1) is 0 Å². The number of hydrogen-bond donors (Lipinski definition) is 5. The van der Waals surface area contributed by atoms with Crippen molar-refractivity contribution in [1.82, 2.24) is 10.7 Å². The van der Waals surface area contributed by atoms with Crippen LogP contribution in [0.4, 0.5) is 5.69 Å². The van der Waals surface area contributed by atoms with Gasteiger partial charge in [0, 0.05) is 12.0 Å². The number of aromatic hydroxyl groups is 1. The molecule has 0 aliphatic carbocycles. The number of carboxylic acid groups (broad SMARTS) is 1. The third-order valence-corrected chi connectivity index (χ3v) is 3.35. The molecular formula is C17H18N4O4. The van der Waals surface area contributed by atoms with E-state index < -0.39 is 17.9 Å². The number of rotatable bonds is 7. The molecule has 8 heteroatoms. The highest BCUT2D eigenvalue weighted by Gasteiger charge is 2.21. The monoisotopic (exact) mass is 342 g/mol. The van der Waals surface area contributed by atoms with E-state index in [0.717, 1.165) is 0 Å². The fourth-order valence-electron chi connectivity index (χ4n) is 2.20. The van der Waals surface area contributed by atoms with Gasteiger partial charge in [-0.3, -0.25) is 4.79 Å². The summed E-state index contributed by atoms with van der Waals surface area (Å²) >= 11 is 0. The summed E-state index contributed by atoms with van der Waals surface area (Å²) in [6.07, 6.45) is 1.31. The van der Waals surface area contributed by atoms with E-state index in [1.807, 2.05) is 0 Å². The molecule has 0 heterocycles. The number of hydrogen-bond acceptors (Lipinski definition) is 5. The summed E-state index contributed by atoms with van der Waals surface area (Å²) in [6.45, 7) is 0. The summed E-state index contributed by atoms with van der Waals surface area (Å²) in [7, 11) is 0. The average molecular weight is 342 g/mol. The molecule has 0 saturated carbocycles. The smallest absolute Gasteiger partial charge is 0.326 e. The number of hydrazine groups is 1. The minimum absolute atomic E-state index is 0.0343. The summed E-state index contributed by atoms with van der Waals surface area (Å²) in [6, 6.07) is 11.5. The lowest BCUT2D eigenvalue weighted by atomic mass is 10.0. The second kappa shape index (κ2) is 8.46. The molecule has 2 aromatic carbocycles. The predicted molar refractivity (Wildman–Crippen MR) is 92.6 cm³/mol. The number of phenols is 1. The minimum atomic E-state index is -1.17. The Hall–Kier alpha value is -3.39. The van der Waals surface area contributed by atoms with E-state index in [4.69, 9.17) is 5.84 Å². The highest BCUT2D eigenvalue weighted by Crippen LogP contribution is 2.15. The van der Waals surface area contributed by atoms with Crippen LogP contribution in [0.1, 0.15) is 15.9 Å². The Morgan fingerprint density at radius 1 is 1.20 bits per heavy atom. The maximum Gasteiger partial charge on any atom is 0.326 e. The average Bonchev–Trinajstić information content (AvgIpc) is 2.59. The number of nitrogens with one attached hydrogen (secondary N) is 2. The van der Waals surface area contributed by atoms with Crippen molar-refractivity contribution in [2.45, 2.75) is 12.5 Å². The zero-order chi connectivity index (χ0) is 18.2. The second-order valence-electron chi connectivity index (χ2n) is 5.21. The summed E-state index contributed by atoms with van der Waals surface area (Å²) in [4.78, 5) is 27.7. The van der Waals surface area contributed by atoms with Gasteiger partial charge in [-0.2, -0.15) is 0 Å². The lowest BCUT2D eigenvalue weighted by Crippen LogP contribution is -2.42. The minimum Gasteiger partial charge on any atom is -0.508 e. The number of phenolic OH excluding ortho intramolecular Hbond substituents is 1. The molecule has 0 aliphatic heterocycles. The van der Waals surface area contributed by atoms with Crippen LogP contribution in [0, 0.1) is 0 Å². The second-order valence-corrected chi connectivity index (χ2v) is 5.21. The molecule has 1 unspecified atom stereocenters. The summed E-state index contributed by atoms with van der Waals surface area (Å²) in [5, 5.41) is 21.3. The first kappa shape index (κ1) is 18.0. The zero-order valence-electron chi connectivity index (χ0n) is 13.2. The first-order chi connectivity index (χ1) is 12.0. The largest absolute Gasteiger partial charge is 0.508 e. The van der Waals surface area contributed by atoms with Gasteiger partial charge in [-0.25, -0.2) is 15.6 Å². The van der Waals surface area contributed by atoms with Gasteiger partial charge < -0.3 is 21.0 Å². The van der Waals surface area contributed by atoms with E-state index in [1.165, 1.54) is 24.5 Å². The summed E-state index contributed by atoms with van der Waals surface area (Å²) < 4.78 is 0. The van der Waals surface area contributed by atoms with Crippen LogP contribution < -0.4 is 16.6 Å². The molecule has 0 spiro atoms. The number of nitrogens with two attached hydrogens (primary N) is 1. The van der Waals surface area contributed by atoms with E-state index >= 15 is 0 Å². The lowest BCUT2D eigenvalue weighted by molar-refractivity contribution is -0.139. The van der Waals surface area contributed by atoms with E-state index in [2.05, 4.69) is 15.7 Å². The van der Waals surface area contributed by atoms with Gasteiger partial charge in [0.1, 0.15) is 18.1 Å². The molecular weight excluding hydrogens is 324 g/mol. The SMILES string of the molecule is NNC=Nc1cccc(C(=O)NC(Cc2cccc(O)c2)C(=O)O)c1. The molecule has 1 amide bonds. The first-order valence-electron chi connectivity index (χ1n) is 7.40. The van der Waals surface area contributed by atoms with Crippen molar-refractivity contribution in [2.75, 3.05) is 0 Å². The van der Waals surface area contributed by atoms with Gasteiger partial charge in [0.05, 0.1) is 5.69 Å². The Labute approximate surface area is 144 Å². The zero-order valence-corrected chi connectivity index (χ0v) is 13.2. The Morgan fingerprint density at radius 2 is 1.96 bits per heavy atom. The number of carboxylic acids is 1. The Bertz CT molecular complexity index is 792. The van der Waals surface area contributed by atoms with Crippen LogP contribution in [0.25, 0.3) is 0 Å². The molecule has 0 bridgehead atoms. The van der Waals surface area contributed by atoms with Gasteiger partial charge in [-0.05, 0) is 35.9 Å². The third-order valence-electron chi connectivity index (χ3n) is 3.35. The van der Waals surface area contributed by atoms with Crippen LogP contribution in [0.15, 0.2) is 53.5 Å². The van der Waals surface area contributed by atoms with E-state index in [-0.39, 0.29) is 17.7 Å². The normalized spacial score (nSPS) is 11.9. The molecule has 6 N–H and O–H groups in total. The fourth-order valence-corrected chi connectivity index (χ4v) is 2.20. The van der Waals surface area contributed by atoms with Crippen LogP contribution in [0.5, 0.6) is 5.75 Å². The van der Waals surface area contributed by atoms with Crippen molar-refractivity contribution < 1.29 is 19.8 Å². The van der Waals surface area contributed by atoms with Crippen LogP contribution >= 0.6 is 0 Å². The van der Waals surface area contributed by atoms with Crippen LogP contribution in [-0.4, -0.2) is 34.5 Å². The highest BCUT2D eigenvalue weighted by atomic mass is 16.4. The molecule has 0 aromatic heterocycles. The fraction of sp³-hybridized carbons (Fsp3) is 0.118. The third kappa shape index (κ3) is 5.33. The molecule has 0 fully saturated rings. The lowest BCUT2D eigenvalue weighted by Gasteiger charge is -2.15. The molecule has 0 aliphatic rings. The Morgan fingerprint density at radius 3 is 2.64 bits per heavy atom. The van der Waals surface area contributed by atoms with Gasteiger partial charge in [0.15, 0.2) is 0 Å². The number of carbonyl (C=O) groups is 2. The Kier molecular flexibility index (Phi) is 6.08. The standard InChI is InChI=1S/C17H18N4O4/c18-20-10-19-13-5-2-4-12(9-13)16(23)21-15(17(24)25)8-11-3-1-6-14(22)7-11/h1-7,9-10,15,22H,8,18H2,(H,19,20)(H,21,23)(H,24,25). The predicted octanol–water partition coefficient (Wildman–Crippen LogP) is 0.941. The highest BCUT2D eigenvalue weighted by molar-refractivity contribution is 5.97. The molecule has 2 aromatic rings. The number of nitrogens with zero attached hydrogens (tertiary/aromatic N) is 1. The van der Waals surface area contributed by atoms with Crippen molar-refractivity contribution >= 4 is 23.9 Å². The Balaban J connectivity index is 2.12. The van der Waals surface area contributed by atoms with E-state index in [9.17, 15) is 19.8 Å².